The second-order valence-corrected chi connectivity index (χ2v) is 3.28. The highest BCUT2D eigenvalue weighted by Crippen LogP contribution is 2.36. The summed E-state index contributed by atoms with van der Waals surface area (Å²) in [6, 6.07) is 3.64. The van der Waals surface area contributed by atoms with Gasteiger partial charge in [-0.1, -0.05) is 23.8 Å². The zero-order valence-corrected chi connectivity index (χ0v) is 9.54. The number of rotatable bonds is 4. The number of benzene rings is 1. The molecule has 82 valence electrons. The van der Waals surface area contributed by atoms with Crippen molar-refractivity contribution in [1.29, 1.82) is 0 Å². The summed E-state index contributed by atoms with van der Waals surface area (Å²) in [7, 11) is 3.13. The van der Waals surface area contributed by atoms with Crippen molar-refractivity contribution < 1.29 is 9.47 Å². The second-order valence-electron chi connectivity index (χ2n) is 2.88. The van der Waals surface area contributed by atoms with Gasteiger partial charge in [-0.05, 0) is 17.7 Å². The molecule has 0 amide bonds. The van der Waals surface area contributed by atoms with Gasteiger partial charge in [0.25, 0.3) is 0 Å². The Kier molecular flexibility index (Phi) is 4.46. The molecule has 0 aliphatic rings. The molecule has 4 heteroatoms. The van der Waals surface area contributed by atoms with Crippen LogP contribution in [0.1, 0.15) is 5.56 Å². The maximum Gasteiger partial charge on any atom is 0.179 e. The summed E-state index contributed by atoms with van der Waals surface area (Å²) in [5.74, 6) is 1.16. The first-order valence-electron chi connectivity index (χ1n) is 4.51. The Hall–Kier alpha value is -1.19. The van der Waals surface area contributed by atoms with Gasteiger partial charge in [0.05, 0.1) is 19.2 Å². The normalized spacial score (nSPS) is 10.7. The van der Waals surface area contributed by atoms with Crippen LogP contribution < -0.4 is 15.2 Å². The average molecular weight is 228 g/mol. The minimum absolute atomic E-state index is 0.492. The number of hydrogen-bond donors (Lipinski definition) is 1. The Morgan fingerprint density at radius 2 is 2.07 bits per heavy atom. The van der Waals surface area contributed by atoms with E-state index in [1.807, 2.05) is 18.2 Å². The molecule has 3 nitrogen and oxygen atoms in total. The molecule has 0 aliphatic carbocycles. The molecule has 2 N–H and O–H groups in total. The van der Waals surface area contributed by atoms with Crippen molar-refractivity contribution in [3.05, 3.63) is 28.8 Å². The number of halogens is 1. The fourth-order valence-electron chi connectivity index (χ4n) is 1.24. The summed E-state index contributed by atoms with van der Waals surface area (Å²) in [5.41, 5.74) is 6.30. The van der Waals surface area contributed by atoms with Gasteiger partial charge in [0.2, 0.25) is 0 Å². The van der Waals surface area contributed by atoms with Gasteiger partial charge >= 0.3 is 0 Å². The monoisotopic (exact) mass is 227 g/mol. The van der Waals surface area contributed by atoms with Gasteiger partial charge in [0, 0.05) is 6.54 Å². The molecule has 1 rings (SSSR count). The molecule has 0 aliphatic heterocycles. The smallest absolute Gasteiger partial charge is 0.179 e. The molecular weight excluding hydrogens is 214 g/mol. The predicted molar refractivity (Wildman–Crippen MR) is 62.6 cm³/mol. The van der Waals surface area contributed by atoms with E-state index in [9.17, 15) is 0 Å². The summed E-state index contributed by atoms with van der Waals surface area (Å²) in [4.78, 5) is 0. The lowest BCUT2D eigenvalue weighted by Gasteiger charge is -2.10. The summed E-state index contributed by atoms with van der Waals surface area (Å²) < 4.78 is 10.3. The van der Waals surface area contributed by atoms with Crippen LogP contribution in [-0.4, -0.2) is 20.8 Å². The molecule has 15 heavy (non-hydrogen) atoms. The van der Waals surface area contributed by atoms with Crippen molar-refractivity contribution in [3.8, 4) is 11.5 Å². The number of nitrogens with two attached hydrogens (primary N) is 1. The molecule has 0 heterocycles. The number of hydrogen-bond acceptors (Lipinski definition) is 3. The minimum Gasteiger partial charge on any atom is -0.493 e. The number of methoxy groups -OCH3 is 2. The highest BCUT2D eigenvalue weighted by Gasteiger charge is 2.09. The second kappa shape index (κ2) is 5.63. The van der Waals surface area contributed by atoms with Crippen molar-refractivity contribution in [3.63, 3.8) is 0 Å². The SMILES string of the molecule is COc1cc(C=CCN)cc(Cl)c1OC. The van der Waals surface area contributed by atoms with Gasteiger partial charge in [0.15, 0.2) is 11.5 Å². The van der Waals surface area contributed by atoms with E-state index in [1.54, 1.807) is 20.3 Å². The van der Waals surface area contributed by atoms with E-state index in [1.165, 1.54) is 0 Å². The van der Waals surface area contributed by atoms with E-state index in [4.69, 9.17) is 26.8 Å². The van der Waals surface area contributed by atoms with Crippen molar-refractivity contribution in [2.24, 2.45) is 5.73 Å². The van der Waals surface area contributed by atoms with E-state index in [0.717, 1.165) is 5.56 Å². The van der Waals surface area contributed by atoms with Crippen LogP contribution >= 0.6 is 11.6 Å². The third-order valence-corrected chi connectivity index (χ3v) is 2.18. The maximum atomic E-state index is 6.02. The number of ether oxygens (including phenoxy) is 2. The van der Waals surface area contributed by atoms with Crippen LogP contribution in [0.5, 0.6) is 11.5 Å². The molecule has 0 unspecified atom stereocenters. The third-order valence-electron chi connectivity index (χ3n) is 1.90. The van der Waals surface area contributed by atoms with Gasteiger partial charge in [-0.3, -0.25) is 0 Å². The quantitative estimate of drug-likeness (QED) is 0.859. The molecule has 0 saturated carbocycles. The Labute approximate surface area is 94.4 Å². The first-order chi connectivity index (χ1) is 7.22. The Bertz CT molecular complexity index is 364. The van der Waals surface area contributed by atoms with Gasteiger partial charge < -0.3 is 15.2 Å². The lowest BCUT2D eigenvalue weighted by molar-refractivity contribution is 0.355. The van der Waals surface area contributed by atoms with Crippen molar-refractivity contribution >= 4 is 17.7 Å². The Morgan fingerprint density at radius 3 is 2.60 bits per heavy atom. The molecule has 0 bridgehead atoms. The molecule has 0 fully saturated rings. The standard InChI is InChI=1S/C11H14ClNO2/c1-14-10-7-8(4-3-5-13)6-9(12)11(10)15-2/h3-4,6-7H,5,13H2,1-2H3. The van der Waals surface area contributed by atoms with E-state index < -0.39 is 0 Å². The minimum atomic E-state index is 0.492. The highest BCUT2D eigenvalue weighted by atomic mass is 35.5. The lowest BCUT2D eigenvalue weighted by Crippen LogP contribution is -1.93. The van der Waals surface area contributed by atoms with Crippen LogP contribution in [0.3, 0.4) is 0 Å². The molecule has 0 saturated heterocycles. The van der Waals surface area contributed by atoms with E-state index >= 15 is 0 Å². The van der Waals surface area contributed by atoms with Gasteiger partial charge in [-0.2, -0.15) is 0 Å². The van der Waals surface area contributed by atoms with Crippen molar-refractivity contribution in [2.45, 2.75) is 0 Å². The molecular formula is C11H14ClNO2. The lowest BCUT2D eigenvalue weighted by atomic mass is 10.2. The third kappa shape index (κ3) is 2.88. The van der Waals surface area contributed by atoms with Crippen LogP contribution in [0, 0.1) is 0 Å². The Balaban J connectivity index is 3.13. The molecule has 0 radical (unpaired) electrons. The predicted octanol–water partition coefficient (Wildman–Crippen LogP) is 2.33. The van der Waals surface area contributed by atoms with Crippen LogP contribution in [0.4, 0.5) is 0 Å². The zero-order valence-electron chi connectivity index (χ0n) is 8.79. The highest BCUT2D eigenvalue weighted by molar-refractivity contribution is 6.32. The van der Waals surface area contributed by atoms with Crippen molar-refractivity contribution in [2.75, 3.05) is 20.8 Å². The maximum absolute atomic E-state index is 6.02. The molecule has 0 atom stereocenters. The van der Waals surface area contributed by atoms with E-state index in [-0.39, 0.29) is 0 Å². The topological polar surface area (TPSA) is 44.5 Å². The first-order valence-corrected chi connectivity index (χ1v) is 4.88. The van der Waals surface area contributed by atoms with Gasteiger partial charge in [0.1, 0.15) is 0 Å². The molecule has 0 aromatic heterocycles. The average Bonchev–Trinajstić information content (AvgIpc) is 2.25. The summed E-state index contributed by atoms with van der Waals surface area (Å²) >= 11 is 6.02. The Morgan fingerprint density at radius 1 is 1.33 bits per heavy atom. The van der Waals surface area contributed by atoms with Crippen LogP contribution in [0.15, 0.2) is 18.2 Å². The first kappa shape index (κ1) is 11.9. The summed E-state index contributed by atoms with van der Waals surface area (Å²) in [5, 5.41) is 0.522. The summed E-state index contributed by atoms with van der Waals surface area (Å²) in [6.45, 7) is 0.492. The fourth-order valence-corrected chi connectivity index (χ4v) is 1.53. The van der Waals surface area contributed by atoms with E-state index in [2.05, 4.69) is 0 Å². The fraction of sp³-hybridized carbons (Fsp3) is 0.273. The van der Waals surface area contributed by atoms with E-state index in [0.29, 0.717) is 23.1 Å². The van der Waals surface area contributed by atoms with Crippen LogP contribution in [-0.2, 0) is 0 Å². The zero-order chi connectivity index (χ0) is 11.3. The van der Waals surface area contributed by atoms with Crippen LogP contribution in [0.25, 0.3) is 6.08 Å². The largest absolute Gasteiger partial charge is 0.493 e. The van der Waals surface area contributed by atoms with Crippen LogP contribution in [0.2, 0.25) is 5.02 Å². The molecule has 1 aromatic carbocycles. The summed E-state index contributed by atoms with van der Waals surface area (Å²) in [6.07, 6.45) is 3.73. The van der Waals surface area contributed by atoms with Gasteiger partial charge in [-0.25, -0.2) is 0 Å². The molecule has 0 spiro atoms. The van der Waals surface area contributed by atoms with Crippen molar-refractivity contribution in [1.82, 2.24) is 0 Å². The van der Waals surface area contributed by atoms with Gasteiger partial charge in [-0.15, -0.1) is 0 Å². The molecule has 1 aromatic rings.